The summed E-state index contributed by atoms with van der Waals surface area (Å²) in [6, 6.07) is 13.1. The van der Waals surface area contributed by atoms with Gasteiger partial charge in [0.15, 0.2) is 5.78 Å². The maximum atomic E-state index is 12.0. The highest BCUT2D eigenvalue weighted by atomic mass is 16.5. The molecule has 0 fully saturated rings. The quantitative estimate of drug-likeness (QED) is 0.283. The Morgan fingerprint density at radius 1 is 1.16 bits per heavy atom. The predicted octanol–water partition coefficient (Wildman–Crippen LogP) is 3.74. The van der Waals surface area contributed by atoms with Gasteiger partial charge in [0.2, 0.25) is 5.91 Å². The van der Waals surface area contributed by atoms with Crippen molar-refractivity contribution >= 4 is 17.8 Å². The smallest absolute Gasteiger partial charge is 0.244 e. The van der Waals surface area contributed by atoms with Crippen molar-refractivity contribution < 1.29 is 19.1 Å². The van der Waals surface area contributed by atoms with Crippen LogP contribution in [0.25, 0.3) is 6.08 Å². The van der Waals surface area contributed by atoms with Crippen LogP contribution < -0.4 is 14.8 Å². The van der Waals surface area contributed by atoms with Gasteiger partial charge in [0.05, 0.1) is 25.6 Å². The molecule has 0 aliphatic carbocycles. The Labute approximate surface area is 187 Å². The number of rotatable bonds is 11. The minimum atomic E-state index is -0.168. The number of hydrogen-bond acceptors (Lipinski definition) is 5. The number of imidazole rings is 1. The molecule has 3 rings (SSSR count). The first-order valence-electron chi connectivity index (χ1n) is 10.4. The van der Waals surface area contributed by atoms with E-state index in [1.165, 1.54) is 13.0 Å². The van der Waals surface area contributed by atoms with Crippen molar-refractivity contribution in [2.75, 3.05) is 20.3 Å². The number of nitrogens with one attached hydrogen (secondary N) is 1. The van der Waals surface area contributed by atoms with E-state index in [2.05, 4.69) is 10.3 Å². The van der Waals surface area contributed by atoms with Gasteiger partial charge in [0.25, 0.3) is 0 Å². The van der Waals surface area contributed by atoms with E-state index in [0.29, 0.717) is 36.6 Å². The van der Waals surface area contributed by atoms with Crippen LogP contribution in [0.15, 0.2) is 67.3 Å². The summed E-state index contributed by atoms with van der Waals surface area (Å²) >= 11 is 0. The molecule has 0 spiro atoms. The summed E-state index contributed by atoms with van der Waals surface area (Å²) in [5.41, 5.74) is 2.62. The van der Waals surface area contributed by atoms with Crippen LogP contribution in [0.4, 0.5) is 0 Å². The largest absolute Gasteiger partial charge is 0.497 e. The average molecular weight is 434 g/mol. The number of nitrogens with zero attached hydrogens (tertiary/aromatic N) is 2. The van der Waals surface area contributed by atoms with Crippen molar-refractivity contribution in [3.63, 3.8) is 0 Å². The molecule has 3 aromatic rings. The average Bonchev–Trinajstić information content (AvgIpc) is 3.31. The lowest BCUT2D eigenvalue weighted by Crippen LogP contribution is -2.23. The maximum absolute atomic E-state index is 12.0. The lowest BCUT2D eigenvalue weighted by Gasteiger charge is -2.11. The van der Waals surface area contributed by atoms with E-state index in [1.54, 1.807) is 43.9 Å². The minimum Gasteiger partial charge on any atom is -0.497 e. The highest BCUT2D eigenvalue weighted by Gasteiger charge is 2.10. The molecule has 0 atom stereocenters. The molecule has 1 aromatic heterocycles. The van der Waals surface area contributed by atoms with E-state index in [4.69, 9.17) is 9.47 Å². The van der Waals surface area contributed by atoms with E-state index >= 15 is 0 Å². The molecule has 0 unspecified atom stereocenters. The second-order valence-corrected chi connectivity index (χ2v) is 7.22. The van der Waals surface area contributed by atoms with Gasteiger partial charge in [-0.15, -0.1) is 0 Å². The summed E-state index contributed by atoms with van der Waals surface area (Å²) in [5, 5.41) is 2.83. The molecular formula is C25H27N3O4. The molecule has 2 aromatic carbocycles. The molecule has 0 radical (unpaired) electrons. The normalized spacial score (nSPS) is 10.8. The molecule has 0 aliphatic rings. The number of ketones is 1. The number of aromatic nitrogens is 2. The Balaban J connectivity index is 1.40. The van der Waals surface area contributed by atoms with E-state index in [1.807, 2.05) is 35.0 Å². The first kappa shape index (κ1) is 22.8. The number of ether oxygens (including phenoxy) is 2. The van der Waals surface area contributed by atoms with Crippen LogP contribution in [0.5, 0.6) is 11.5 Å². The van der Waals surface area contributed by atoms with Crippen LogP contribution >= 0.6 is 0 Å². The third-order valence-electron chi connectivity index (χ3n) is 4.78. The number of carbonyl (C=O) groups excluding carboxylic acids is 2. The van der Waals surface area contributed by atoms with Crippen LogP contribution in [-0.2, 0) is 11.3 Å². The molecule has 0 bridgehead atoms. The van der Waals surface area contributed by atoms with Gasteiger partial charge in [-0.05, 0) is 42.7 Å². The highest BCUT2D eigenvalue weighted by Crippen LogP contribution is 2.25. The molecule has 0 aliphatic heterocycles. The Morgan fingerprint density at radius 2 is 1.97 bits per heavy atom. The molecule has 166 valence electrons. The number of hydrogen-bond donors (Lipinski definition) is 1. The third kappa shape index (κ3) is 6.84. The lowest BCUT2D eigenvalue weighted by atomic mass is 10.1. The van der Waals surface area contributed by atoms with E-state index < -0.39 is 0 Å². The molecule has 32 heavy (non-hydrogen) atoms. The van der Waals surface area contributed by atoms with Crippen molar-refractivity contribution in [1.82, 2.24) is 14.9 Å². The monoisotopic (exact) mass is 433 g/mol. The second kappa shape index (κ2) is 11.5. The summed E-state index contributed by atoms with van der Waals surface area (Å²) in [7, 11) is 1.56. The zero-order valence-corrected chi connectivity index (χ0v) is 18.3. The van der Waals surface area contributed by atoms with Crippen LogP contribution in [0.3, 0.4) is 0 Å². The summed E-state index contributed by atoms with van der Waals surface area (Å²) in [4.78, 5) is 27.8. The van der Waals surface area contributed by atoms with Gasteiger partial charge in [-0.1, -0.05) is 24.3 Å². The van der Waals surface area contributed by atoms with Crippen LogP contribution in [0.2, 0.25) is 0 Å². The molecule has 1 amide bonds. The topological polar surface area (TPSA) is 82.5 Å². The number of benzene rings is 2. The van der Waals surface area contributed by atoms with Gasteiger partial charge in [-0.2, -0.15) is 0 Å². The third-order valence-corrected chi connectivity index (χ3v) is 4.78. The van der Waals surface area contributed by atoms with Crippen LogP contribution in [0, 0.1) is 0 Å². The second-order valence-electron chi connectivity index (χ2n) is 7.22. The van der Waals surface area contributed by atoms with Gasteiger partial charge >= 0.3 is 0 Å². The molecule has 7 nitrogen and oxygen atoms in total. The zero-order valence-electron chi connectivity index (χ0n) is 18.3. The summed E-state index contributed by atoms with van der Waals surface area (Å²) in [5.74, 6) is 0.868. The van der Waals surface area contributed by atoms with Crippen molar-refractivity contribution in [3.05, 3.63) is 84.0 Å². The maximum Gasteiger partial charge on any atom is 0.244 e. The SMILES string of the molecule is COc1ccc(C(C)=O)c(OCCCNC(=O)C=Cc2ccc(Cn3ccnc3)cc2)c1. The molecule has 0 saturated heterocycles. The van der Waals surface area contributed by atoms with Crippen LogP contribution in [-0.4, -0.2) is 41.5 Å². The first-order chi connectivity index (χ1) is 15.5. The van der Waals surface area contributed by atoms with Crippen molar-refractivity contribution in [1.29, 1.82) is 0 Å². The van der Waals surface area contributed by atoms with E-state index in [0.717, 1.165) is 17.7 Å². The standard InChI is InChI=1S/C25H27N3O4/c1-19(29)23-10-9-22(31-2)16-24(23)32-15-3-12-27-25(30)11-8-20-4-6-21(7-5-20)17-28-14-13-26-18-28/h4-11,13-14,16,18H,3,12,15,17H2,1-2H3,(H,27,30). The summed E-state index contributed by atoms with van der Waals surface area (Å²) < 4.78 is 12.9. The molecule has 0 saturated carbocycles. The van der Waals surface area contributed by atoms with Gasteiger partial charge in [-0.25, -0.2) is 4.98 Å². The van der Waals surface area contributed by atoms with E-state index in [9.17, 15) is 9.59 Å². The van der Waals surface area contributed by atoms with Gasteiger partial charge in [0, 0.05) is 37.6 Å². The van der Waals surface area contributed by atoms with Crippen LogP contribution in [0.1, 0.15) is 34.8 Å². The number of methoxy groups -OCH3 is 1. The van der Waals surface area contributed by atoms with Gasteiger partial charge < -0.3 is 19.4 Å². The van der Waals surface area contributed by atoms with Crippen molar-refractivity contribution in [3.8, 4) is 11.5 Å². The lowest BCUT2D eigenvalue weighted by molar-refractivity contribution is -0.116. The molecule has 7 heteroatoms. The predicted molar refractivity (Wildman–Crippen MR) is 123 cm³/mol. The van der Waals surface area contributed by atoms with E-state index in [-0.39, 0.29) is 11.7 Å². The number of amides is 1. The number of Topliss-reactive ketones (excluding diaryl/α,β-unsaturated/α-hetero) is 1. The Bertz CT molecular complexity index is 1060. The summed E-state index contributed by atoms with van der Waals surface area (Å²) in [6.07, 6.45) is 9.36. The van der Waals surface area contributed by atoms with Crippen molar-refractivity contribution in [2.24, 2.45) is 0 Å². The molecule has 1 N–H and O–H groups in total. The molecular weight excluding hydrogens is 406 g/mol. The Kier molecular flexibility index (Phi) is 8.20. The zero-order chi connectivity index (χ0) is 22.8. The fraction of sp³-hybridized carbons (Fsp3) is 0.240. The van der Waals surface area contributed by atoms with Gasteiger partial charge in [-0.3, -0.25) is 9.59 Å². The Morgan fingerprint density at radius 3 is 2.66 bits per heavy atom. The minimum absolute atomic E-state index is 0.0733. The highest BCUT2D eigenvalue weighted by molar-refractivity contribution is 5.97. The first-order valence-corrected chi connectivity index (χ1v) is 10.4. The Hall–Kier alpha value is -3.87. The fourth-order valence-electron chi connectivity index (χ4n) is 3.06. The number of carbonyl (C=O) groups is 2. The van der Waals surface area contributed by atoms with Gasteiger partial charge in [0.1, 0.15) is 11.5 Å². The fourth-order valence-corrected chi connectivity index (χ4v) is 3.06. The van der Waals surface area contributed by atoms with Crippen molar-refractivity contribution in [2.45, 2.75) is 19.9 Å². The summed E-state index contributed by atoms with van der Waals surface area (Å²) in [6.45, 7) is 3.09. The molecule has 1 heterocycles.